The van der Waals surface area contributed by atoms with Crippen LogP contribution >= 0.6 is 0 Å². The minimum atomic E-state index is -1.40. The highest BCUT2D eigenvalue weighted by Gasteiger charge is 2.51. The van der Waals surface area contributed by atoms with E-state index in [0.29, 0.717) is 28.3 Å². The molecule has 0 fully saturated rings. The largest absolute Gasteiger partial charge is 0.493 e. The molecule has 3 atom stereocenters. The maximum absolute atomic E-state index is 12.5. The average molecular weight is 362 g/mol. The molecule has 140 valence electrons. The summed E-state index contributed by atoms with van der Waals surface area (Å²) in [5, 5.41) is 16.3. The van der Waals surface area contributed by atoms with Gasteiger partial charge in [-0.1, -0.05) is 6.07 Å². The lowest BCUT2D eigenvalue weighted by atomic mass is 9.66. The van der Waals surface area contributed by atoms with Crippen LogP contribution in [-0.2, 0) is 16.0 Å². The number of esters is 1. The third-order valence-corrected chi connectivity index (χ3v) is 4.97. The molecule has 26 heavy (non-hydrogen) atoms. The van der Waals surface area contributed by atoms with Gasteiger partial charge in [-0.25, -0.2) is 0 Å². The van der Waals surface area contributed by atoms with Crippen molar-refractivity contribution in [2.24, 2.45) is 5.92 Å². The van der Waals surface area contributed by atoms with Crippen molar-refractivity contribution in [3.63, 3.8) is 0 Å². The van der Waals surface area contributed by atoms with E-state index < -0.39 is 23.4 Å². The standard InChI is InChI=1S/C18H22N2O6/c1-18(23)8-10-14(16(21)20-19-10)13(15(18)17(22)26-4)9-5-6-11(24-2)12(7-9)25-3/h5-7,13,15,23H,8H2,1-4H3,(H2,19,20,21)/t13-,15+,18-/m1/s1. The second-order valence-electron chi connectivity index (χ2n) is 6.60. The maximum atomic E-state index is 12.5. The van der Waals surface area contributed by atoms with Crippen molar-refractivity contribution in [3.8, 4) is 11.5 Å². The number of rotatable bonds is 4. The Morgan fingerprint density at radius 3 is 2.50 bits per heavy atom. The molecule has 8 heteroatoms. The van der Waals surface area contributed by atoms with Gasteiger partial charge in [-0.3, -0.25) is 14.7 Å². The molecule has 3 rings (SSSR count). The van der Waals surface area contributed by atoms with Gasteiger partial charge in [0.2, 0.25) is 0 Å². The minimum absolute atomic E-state index is 0.130. The first-order valence-electron chi connectivity index (χ1n) is 8.15. The van der Waals surface area contributed by atoms with E-state index in [1.165, 1.54) is 21.3 Å². The molecule has 1 aromatic heterocycles. The van der Waals surface area contributed by atoms with Crippen molar-refractivity contribution >= 4 is 5.97 Å². The molecule has 0 saturated carbocycles. The summed E-state index contributed by atoms with van der Waals surface area (Å²) in [6.07, 6.45) is 0.130. The van der Waals surface area contributed by atoms with Gasteiger partial charge in [0, 0.05) is 23.6 Å². The molecule has 0 bridgehead atoms. The molecule has 1 heterocycles. The number of hydrogen-bond donors (Lipinski definition) is 3. The summed E-state index contributed by atoms with van der Waals surface area (Å²) >= 11 is 0. The van der Waals surface area contributed by atoms with E-state index in [1.807, 2.05) is 0 Å². The Balaban J connectivity index is 2.25. The SMILES string of the molecule is COC(=O)[C@@H]1[C@H](c2ccc(OC)c(OC)c2)c2c([nH][nH]c2=O)C[C@@]1(C)O. The van der Waals surface area contributed by atoms with Crippen molar-refractivity contribution in [2.75, 3.05) is 21.3 Å². The van der Waals surface area contributed by atoms with E-state index in [9.17, 15) is 14.7 Å². The van der Waals surface area contributed by atoms with Crippen molar-refractivity contribution in [2.45, 2.75) is 24.9 Å². The molecule has 0 spiro atoms. The Morgan fingerprint density at radius 2 is 1.88 bits per heavy atom. The first kappa shape index (κ1) is 18.1. The van der Waals surface area contributed by atoms with Gasteiger partial charge in [-0.05, 0) is 24.6 Å². The molecule has 3 N–H and O–H groups in total. The summed E-state index contributed by atoms with van der Waals surface area (Å²) in [6, 6.07) is 5.16. The number of fused-ring (bicyclic) bond motifs is 1. The van der Waals surface area contributed by atoms with Crippen LogP contribution in [-0.4, -0.2) is 48.2 Å². The molecule has 2 aromatic rings. The van der Waals surface area contributed by atoms with Crippen LogP contribution in [0.1, 0.15) is 29.7 Å². The topological polar surface area (TPSA) is 114 Å². The number of carbonyl (C=O) groups excluding carboxylic acids is 1. The first-order chi connectivity index (χ1) is 12.3. The van der Waals surface area contributed by atoms with Gasteiger partial charge in [0.15, 0.2) is 11.5 Å². The second-order valence-corrected chi connectivity index (χ2v) is 6.60. The molecule has 1 aliphatic carbocycles. The quantitative estimate of drug-likeness (QED) is 0.698. The lowest BCUT2D eigenvalue weighted by Gasteiger charge is -2.40. The van der Waals surface area contributed by atoms with Crippen LogP contribution in [0, 0.1) is 5.92 Å². The summed E-state index contributed by atoms with van der Waals surface area (Å²) in [6.45, 7) is 1.57. The van der Waals surface area contributed by atoms with Gasteiger partial charge in [0.05, 0.1) is 32.8 Å². The van der Waals surface area contributed by atoms with Crippen LogP contribution in [0.15, 0.2) is 23.0 Å². The molecule has 1 aromatic carbocycles. The van der Waals surface area contributed by atoms with Gasteiger partial charge in [-0.2, -0.15) is 0 Å². The Hall–Kier alpha value is -2.74. The number of nitrogens with one attached hydrogen (secondary N) is 2. The summed E-state index contributed by atoms with van der Waals surface area (Å²) in [4.78, 5) is 24.9. The molecular weight excluding hydrogens is 340 g/mol. The lowest BCUT2D eigenvalue weighted by Crippen LogP contribution is -2.49. The van der Waals surface area contributed by atoms with Gasteiger partial charge >= 0.3 is 5.97 Å². The number of H-pyrrole nitrogens is 2. The van der Waals surface area contributed by atoms with Crippen LogP contribution in [0.3, 0.4) is 0 Å². The van der Waals surface area contributed by atoms with Gasteiger partial charge in [-0.15, -0.1) is 0 Å². The van der Waals surface area contributed by atoms with E-state index >= 15 is 0 Å². The van der Waals surface area contributed by atoms with E-state index in [1.54, 1.807) is 25.1 Å². The highest BCUT2D eigenvalue weighted by atomic mass is 16.5. The molecule has 0 amide bonds. The summed E-state index contributed by atoms with van der Waals surface area (Å²) in [7, 11) is 4.29. The van der Waals surface area contributed by atoms with Gasteiger partial charge in [0.1, 0.15) is 0 Å². The highest BCUT2D eigenvalue weighted by molar-refractivity contribution is 5.77. The monoisotopic (exact) mass is 362 g/mol. The predicted octanol–water partition coefficient (Wildman–Crippen LogP) is 0.948. The van der Waals surface area contributed by atoms with E-state index in [4.69, 9.17) is 14.2 Å². The molecule has 1 aliphatic rings. The highest BCUT2D eigenvalue weighted by Crippen LogP contribution is 2.45. The van der Waals surface area contributed by atoms with Gasteiger partial charge in [0.25, 0.3) is 5.56 Å². The van der Waals surface area contributed by atoms with Crippen LogP contribution in [0.5, 0.6) is 11.5 Å². The van der Waals surface area contributed by atoms with Crippen molar-refractivity contribution in [1.29, 1.82) is 0 Å². The zero-order valence-corrected chi connectivity index (χ0v) is 15.1. The first-order valence-corrected chi connectivity index (χ1v) is 8.15. The Morgan fingerprint density at radius 1 is 1.19 bits per heavy atom. The number of ether oxygens (including phenoxy) is 3. The Kier molecular flexibility index (Phi) is 4.53. The molecule has 0 unspecified atom stereocenters. The molecular formula is C18H22N2O6. The number of aromatic nitrogens is 2. The number of carbonyl (C=O) groups is 1. The summed E-state index contributed by atoms with van der Waals surface area (Å²) < 4.78 is 15.5. The zero-order valence-electron chi connectivity index (χ0n) is 15.1. The smallest absolute Gasteiger partial charge is 0.312 e. The fourth-order valence-corrected chi connectivity index (χ4v) is 3.79. The Labute approximate surface area is 150 Å². The van der Waals surface area contributed by atoms with Crippen LogP contribution in [0.2, 0.25) is 0 Å². The number of aromatic amines is 2. The van der Waals surface area contributed by atoms with Crippen molar-refractivity contribution in [3.05, 3.63) is 45.4 Å². The summed E-state index contributed by atoms with van der Waals surface area (Å²) in [5.41, 5.74) is -0.101. The normalized spacial score (nSPS) is 24.7. The lowest BCUT2D eigenvalue weighted by molar-refractivity contribution is -0.156. The maximum Gasteiger partial charge on any atom is 0.312 e. The molecule has 8 nitrogen and oxygen atoms in total. The zero-order chi connectivity index (χ0) is 19.1. The van der Waals surface area contributed by atoms with Crippen LogP contribution < -0.4 is 15.0 Å². The predicted molar refractivity (Wildman–Crippen MR) is 92.6 cm³/mol. The summed E-state index contributed by atoms with van der Waals surface area (Å²) in [5.74, 6) is -1.24. The average Bonchev–Trinajstić information content (AvgIpc) is 2.98. The van der Waals surface area contributed by atoms with Crippen molar-refractivity contribution in [1.82, 2.24) is 10.2 Å². The molecule has 0 radical (unpaired) electrons. The van der Waals surface area contributed by atoms with Crippen LogP contribution in [0.4, 0.5) is 0 Å². The number of benzene rings is 1. The minimum Gasteiger partial charge on any atom is -0.493 e. The third kappa shape index (κ3) is 2.76. The van der Waals surface area contributed by atoms with E-state index in [-0.39, 0.29) is 12.0 Å². The second kappa shape index (κ2) is 6.53. The Bertz CT molecular complexity index is 882. The number of hydrogen-bond acceptors (Lipinski definition) is 6. The number of aliphatic hydroxyl groups is 1. The fraction of sp³-hybridized carbons (Fsp3) is 0.444. The van der Waals surface area contributed by atoms with Gasteiger partial charge < -0.3 is 24.4 Å². The third-order valence-electron chi connectivity index (χ3n) is 4.97. The van der Waals surface area contributed by atoms with Crippen LogP contribution in [0.25, 0.3) is 0 Å². The number of methoxy groups -OCH3 is 3. The molecule has 0 saturated heterocycles. The van der Waals surface area contributed by atoms with E-state index in [2.05, 4.69) is 10.2 Å². The molecule has 0 aliphatic heterocycles. The fourth-order valence-electron chi connectivity index (χ4n) is 3.79. The van der Waals surface area contributed by atoms with Crippen molar-refractivity contribution < 1.29 is 24.1 Å². The van der Waals surface area contributed by atoms with E-state index in [0.717, 1.165) is 0 Å².